The molecule has 2 aromatic carbocycles. The average Bonchev–Trinajstić information content (AvgIpc) is 2.44. The summed E-state index contributed by atoms with van der Waals surface area (Å²) in [6.45, 7) is 14.3. The van der Waals surface area contributed by atoms with Gasteiger partial charge in [-0.3, -0.25) is 0 Å². The molecule has 0 aliphatic heterocycles. The average molecular weight is 337 g/mol. The van der Waals surface area contributed by atoms with Crippen LogP contribution in [0.5, 0.6) is 0 Å². The maximum Gasteiger partial charge on any atom is 0.0776 e. The van der Waals surface area contributed by atoms with Gasteiger partial charge in [0, 0.05) is 19.2 Å². The Hall–Kier alpha value is -1.57. The molecule has 0 radical (unpaired) electrons. The predicted octanol–water partition coefficient (Wildman–Crippen LogP) is 5.05. The lowest BCUT2D eigenvalue weighted by Gasteiger charge is -2.16. The lowest BCUT2D eigenvalue weighted by atomic mass is 10.1. The molecule has 120 valence electrons. The van der Waals surface area contributed by atoms with Crippen molar-refractivity contribution in [3.8, 4) is 11.8 Å². The molecule has 0 aliphatic carbocycles. The SMILES string of the molecule is C[Si](C)(C)Cc1ccc(C#Cc2cccc([Si](C)(C)C)c2)cc1. The molecule has 0 N–H and O–H groups in total. The smallest absolute Gasteiger partial charge is 0.0693 e. The van der Waals surface area contributed by atoms with Crippen LogP contribution in [-0.2, 0) is 6.04 Å². The first kappa shape index (κ1) is 17.8. The van der Waals surface area contributed by atoms with Gasteiger partial charge in [-0.1, -0.05) is 86.1 Å². The first-order valence-electron chi connectivity index (χ1n) is 8.35. The van der Waals surface area contributed by atoms with Gasteiger partial charge in [0.15, 0.2) is 0 Å². The zero-order chi connectivity index (χ0) is 17.1. The third-order valence-electron chi connectivity index (χ3n) is 3.77. The van der Waals surface area contributed by atoms with Crippen molar-refractivity contribution in [3.63, 3.8) is 0 Å². The molecule has 2 rings (SSSR count). The maximum atomic E-state index is 3.32. The summed E-state index contributed by atoms with van der Waals surface area (Å²) in [6, 6.07) is 18.8. The van der Waals surface area contributed by atoms with E-state index in [0.717, 1.165) is 11.1 Å². The highest BCUT2D eigenvalue weighted by atomic mass is 28.3. The van der Waals surface area contributed by atoms with Gasteiger partial charge < -0.3 is 0 Å². The topological polar surface area (TPSA) is 0 Å². The van der Waals surface area contributed by atoms with E-state index < -0.39 is 16.1 Å². The Morgan fingerprint density at radius 3 is 1.91 bits per heavy atom. The summed E-state index contributed by atoms with van der Waals surface area (Å²) >= 11 is 0. The molecule has 0 heterocycles. The Balaban J connectivity index is 2.16. The summed E-state index contributed by atoms with van der Waals surface area (Å²) in [5, 5.41) is 1.47. The lowest BCUT2D eigenvalue weighted by molar-refractivity contribution is 1.30. The van der Waals surface area contributed by atoms with E-state index in [1.54, 1.807) is 0 Å². The lowest BCUT2D eigenvalue weighted by Crippen LogP contribution is -2.37. The van der Waals surface area contributed by atoms with Crippen LogP contribution >= 0.6 is 0 Å². The molecule has 0 unspecified atom stereocenters. The van der Waals surface area contributed by atoms with Gasteiger partial charge in [-0.15, -0.1) is 0 Å². The zero-order valence-electron chi connectivity index (χ0n) is 15.3. The van der Waals surface area contributed by atoms with E-state index in [4.69, 9.17) is 0 Å². The van der Waals surface area contributed by atoms with Gasteiger partial charge in [-0.25, -0.2) is 0 Å². The van der Waals surface area contributed by atoms with Crippen molar-refractivity contribution in [2.24, 2.45) is 0 Å². The van der Waals surface area contributed by atoms with Crippen LogP contribution in [0, 0.1) is 11.8 Å². The molecule has 23 heavy (non-hydrogen) atoms. The molecule has 0 saturated carbocycles. The minimum Gasteiger partial charge on any atom is -0.0693 e. The first-order chi connectivity index (χ1) is 10.6. The van der Waals surface area contributed by atoms with E-state index in [9.17, 15) is 0 Å². The van der Waals surface area contributed by atoms with Crippen molar-refractivity contribution < 1.29 is 0 Å². The summed E-state index contributed by atoms with van der Waals surface area (Å²) in [5.41, 5.74) is 3.66. The largest absolute Gasteiger partial charge is 0.0776 e. The Labute approximate surface area is 144 Å². The van der Waals surface area contributed by atoms with Crippen LogP contribution in [0.1, 0.15) is 16.7 Å². The fourth-order valence-corrected chi connectivity index (χ4v) is 5.17. The standard InChI is InChI=1S/C21H28Si2/c1-22(2,3)17-20-14-11-18(12-15-20)10-13-19-8-7-9-21(16-19)23(4,5)6/h7-9,11-12,14-16H,17H2,1-6H3. The molecule has 0 bridgehead atoms. The minimum absolute atomic E-state index is 1.04. The maximum absolute atomic E-state index is 3.32. The summed E-state index contributed by atoms with van der Waals surface area (Å²) in [4.78, 5) is 0. The Kier molecular flexibility index (Phi) is 5.34. The summed E-state index contributed by atoms with van der Waals surface area (Å²) < 4.78 is 0. The first-order valence-corrected chi connectivity index (χ1v) is 15.6. The molecule has 0 atom stereocenters. The molecule has 2 heteroatoms. The van der Waals surface area contributed by atoms with Gasteiger partial charge in [-0.2, -0.15) is 0 Å². The molecule has 2 aromatic rings. The fourth-order valence-electron chi connectivity index (χ4n) is 2.53. The molecule has 0 aliphatic rings. The van der Waals surface area contributed by atoms with Gasteiger partial charge in [0.1, 0.15) is 0 Å². The van der Waals surface area contributed by atoms with Crippen LogP contribution in [-0.4, -0.2) is 16.1 Å². The Bertz CT molecular complexity index is 717. The van der Waals surface area contributed by atoms with E-state index in [2.05, 4.69) is 99.7 Å². The Morgan fingerprint density at radius 1 is 0.739 bits per heavy atom. The minimum atomic E-state index is -1.27. The second kappa shape index (κ2) is 6.90. The quantitative estimate of drug-likeness (QED) is 0.543. The third kappa shape index (κ3) is 5.86. The van der Waals surface area contributed by atoms with Gasteiger partial charge in [0.25, 0.3) is 0 Å². The monoisotopic (exact) mass is 336 g/mol. The Morgan fingerprint density at radius 2 is 1.35 bits per heavy atom. The zero-order valence-corrected chi connectivity index (χ0v) is 17.3. The fraction of sp³-hybridized carbons (Fsp3) is 0.333. The van der Waals surface area contributed by atoms with E-state index in [1.165, 1.54) is 16.8 Å². The van der Waals surface area contributed by atoms with E-state index >= 15 is 0 Å². The molecule has 0 aromatic heterocycles. The second-order valence-electron chi connectivity index (χ2n) is 8.52. The second-order valence-corrected chi connectivity index (χ2v) is 19.1. The predicted molar refractivity (Wildman–Crippen MR) is 109 cm³/mol. The molecule has 0 fully saturated rings. The van der Waals surface area contributed by atoms with Gasteiger partial charge in [0.05, 0.1) is 8.07 Å². The van der Waals surface area contributed by atoms with Crippen LogP contribution in [0.4, 0.5) is 0 Å². The van der Waals surface area contributed by atoms with E-state index in [-0.39, 0.29) is 0 Å². The third-order valence-corrected chi connectivity index (χ3v) is 7.28. The van der Waals surface area contributed by atoms with Crippen molar-refractivity contribution in [1.29, 1.82) is 0 Å². The number of hydrogen-bond acceptors (Lipinski definition) is 0. The molecule has 0 saturated heterocycles. The van der Waals surface area contributed by atoms with Crippen molar-refractivity contribution in [1.82, 2.24) is 0 Å². The van der Waals surface area contributed by atoms with Crippen LogP contribution < -0.4 is 5.19 Å². The van der Waals surface area contributed by atoms with Crippen molar-refractivity contribution in [3.05, 3.63) is 65.2 Å². The van der Waals surface area contributed by atoms with Gasteiger partial charge in [-0.05, 0) is 30.3 Å². The highest BCUT2D eigenvalue weighted by molar-refractivity contribution is 6.88. The van der Waals surface area contributed by atoms with E-state index in [1.807, 2.05) is 0 Å². The summed E-state index contributed by atoms with van der Waals surface area (Å²) in [7, 11) is -2.31. The van der Waals surface area contributed by atoms with Gasteiger partial charge in [0.2, 0.25) is 0 Å². The van der Waals surface area contributed by atoms with Crippen LogP contribution in [0.25, 0.3) is 0 Å². The summed E-state index contributed by atoms with van der Waals surface area (Å²) in [6.07, 6.45) is 0. The number of hydrogen-bond donors (Lipinski definition) is 0. The molecular weight excluding hydrogens is 308 g/mol. The molecule has 0 spiro atoms. The van der Waals surface area contributed by atoms with Gasteiger partial charge >= 0.3 is 0 Å². The highest BCUT2D eigenvalue weighted by Gasteiger charge is 2.16. The summed E-state index contributed by atoms with van der Waals surface area (Å²) in [5.74, 6) is 6.63. The molecular formula is C21H28Si2. The van der Waals surface area contributed by atoms with E-state index in [0.29, 0.717) is 0 Å². The van der Waals surface area contributed by atoms with Crippen molar-refractivity contribution in [2.45, 2.75) is 45.3 Å². The number of benzene rings is 2. The van der Waals surface area contributed by atoms with Crippen molar-refractivity contribution >= 4 is 21.3 Å². The molecule has 0 nitrogen and oxygen atoms in total. The van der Waals surface area contributed by atoms with Crippen molar-refractivity contribution in [2.75, 3.05) is 0 Å². The normalized spacial score (nSPS) is 11.7. The van der Waals surface area contributed by atoms with Crippen LogP contribution in [0.2, 0.25) is 39.3 Å². The highest BCUT2D eigenvalue weighted by Crippen LogP contribution is 2.12. The molecule has 0 amide bonds. The number of rotatable bonds is 3. The van der Waals surface area contributed by atoms with Crippen LogP contribution in [0.15, 0.2) is 48.5 Å². The van der Waals surface area contributed by atoms with Crippen LogP contribution in [0.3, 0.4) is 0 Å².